The van der Waals surface area contributed by atoms with Crippen LogP contribution in [-0.2, 0) is 9.47 Å². The number of aliphatic hydroxyl groups is 1. The molecule has 1 saturated carbocycles. The van der Waals surface area contributed by atoms with Crippen molar-refractivity contribution in [3.8, 4) is 0 Å². The Kier molecular flexibility index (Phi) is 7.76. The van der Waals surface area contributed by atoms with Crippen LogP contribution in [0, 0.1) is 5.92 Å². The lowest BCUT2D eigenvalue weighted by atomic mass is 9.86. The van der Waals surface area contributed by atoms with E-state index in [2.05, 4.69) is 5.32 Å². The van der Waals surface area contributed by atoms with Gasteiger partial charge in [-0.25, -0.2) is 0 Å². The van der Waals surface area contributed by atoms with Gasteiger partial charge in [0.05, 0.1) is 25.9 Å². The van der Waals surface area contributed by atoms with E-state index in [4.69, 9.17) is 9.47 Å². The molecule has 1 rings (SSSR count). The molecule has 2 N–H and O–H groups in total. The van der Waals surface area contributed by atoms with Crippen LogP contribution < -0.4 is 5.32 Å². The molecule has 0 aromatic heterocycles. The molecule has 0 amide bonds. The first-order chi connectivity index (χ1) is 7.84. The molecule has 16 heavy (non-hydrogen) atoms. The van der Waals surface area contributed by atoms with Crippen molar-refractivity contribution in [1.82, 2.24) is 5.32 Å². The summed E-state index contributed by atoms with van der Waals surface area (Å²) in [6.07, 6.45) is 4.46. The Balaban J connectivity index is 1.90. The minimum Gasteiger partial charge on any atom is -0.393 e. The van der Waals surface area contributed by atoms with Gasteiger partial charge in [-0.1, -0.05) is 12.8 Å². The molecule has 1 fully saturated rings. The molecule has 0 aliphatic heterocycles. The summed E-state index contributed by atoms with van der Waals surface area (Å²) in [7, 11) is 1.67. The molecule has 0 saturated heterocycles. The second-order valence-corrected chi connectivity index (χ2v) is 4.42. The third-order valence-electron chi connectivity index (χ3n) is 3.13. The van der Waals surface area contributed by atoms with Gasteiger partial charge >= 0.3 is 0 Å². The first-order valence-corrected chi connectivity index (χ1v) is 6.30. The van der Waals surface area contributed by atoms with E-state index in [1.54, 1.807) is 7.11 Å². The van der Waals surface area contributed by atoms with E-state index in [9.17, 15) is 5.11 Å². The van der Waals surface area contributed by atoms with E-state index >= 15 is 0 Å². The first kappa shape index (κ1) is 13.9. The summed E-state index contributed by atoms with van der Waals surface area (Å²) in [5.41, 5.74) is 0. The van der Waals surface area contributed by atoms with Crippen molar-refractivity contribution < 1.29 is 14.6 Å². The molecule has 96 valence electrons. The fraction of sp³-hybridized carbons (Fsp3) is 1.00. The number of aliphatic hydroxyl groups excluding tert-OH is 1. The van der Waals surface area contributed by atoms with Crippen molar-refractivity contribution in [2.24, 2.45) is 5.92 Å². The molecule has 4 nitrogen and oxygen atoms in total. The van der Waals surface area contributed by atoms with Crippen molar-refractivity contribution in [1.29, 1.82) is 0 Å². The van der Waals surface area contributed by atoms with Gasteiger partial charge in [-0.05, 0) is 18.8 Å². The Morgan fingerprint density at radius 1 is 1.19 bits per heavy atom. The van der Waals surface area contributed by atoms with E-state index in [0.717, 1.165) is 25.9 Å². The summed E-state index contributed by atoms with van der Waals surface area (Å²) in [5, 5.41) is 13.1. The highest BCUT2D eigenvalue weighted by atomic mass is 16.5. The largest absolute Gasteiger partial charge is 0.393 e. The quantitative estimate of drug-likeness (QED) is 0.606. The zero-order valence-electron chi connectivity index (χ0n) is 10.3. The lowest BCUT2D eigenvalue weighted by molar-refractivity contribution is 0.0603. The number of hydrogen-bond acceptors (Lipinski definition) is 4. The van der Waals surface area contributed by atoms with Crippen LogP contribution in [0.4, 0.5) is 0 Å². The summed E-state index contributed by atoms with van der Waals surface area (Å²) < 4.78 is 10.2. The number of nitrogens with one attached hydrogen (secondary N) is 1. The predicted octanol–water partition coefficient (Wildman–Crippen LogP) is 0.790. The number of hydrogen-bond donors (Lipinski definition) is 2. The van der Waals surface area contributed by atoms with Crippen LogP contribution in [-0.4, -0.2) is 51.2 Å². The van der Waals surface area contributed by atoms with Crippen molar-refractivity contribution in [2.75, 3.05) is 40.0 Å². The highest BCUT2D eigenvalue weighted by molar-refractivity contribution is 4.75. The summed E-state index contributed by atoms with van der Waals surface area (Å²) in [6, 6.07) is 0. The van der Waals surface area contributed by atoms with Crippen LogP contribution in [0.5, 0.6) is 0 Å². The molecule has 0 spiro atoms. The molecular formula is C12H25NO3. The highest BCUT2D eigenvalue weighted by Crippen LogP contribution is 2.23. The molecule has 0 aromatic rings. The van der Waals surface area contributed by atoms with Crippen molar-refractivity contribution >= 4 is 0 Å². The van der Waals surface area contributed by atoms with E-state index in [-0.39, 0.29) is 6.10 Å². The average Bonchev–Trinajstić information content (AvgIpc) is 2.30. The Hall–Kier alpha value is -0.160. The SMILES string of the molecule is COCCOCCNCC1CCCCC1O. The Labute approximate surface area is 98.3 Å². The van der Waals surface area contributed by atoms with Crippen molar-refractivity contribution in [3.63, 3.8) is 0 Å². The molecule has 0 bridgehead atoms. The third-order valence-corrected chi connectivity index (χ3v) is 3.13. The van der Waals surface area contributed by atoms with Gasteiger partial charge in [-0.2, -0.15) is 0 Å². The zero-order valence-corrected chi connectivity index (χ0v) is 10.3. The molecule has 0 aromatic carbocycles. The van der Waals surface area contributed by atoms with Crippen LogP contribution in [0.3, 0.4) is 0 Å². The lowest BCUT2D eigenvalue weighted by Crippen LogP contribution is -2.35. The second kappa shape index (κ2) is 8.93. The van der Waals surface area contributed by atoms with Crippen LogP contribution in [0.1, 0.15) is 25.7 Å². The summed E-state index contributed by atoms with van der Waals surface area (Å²) in [5.74, 6) is 0.438. The maximum Gasteiger partial charge on any atom is 0.0700 e. The summed E-state index contributed by atoms with van der Waals surface area (Å²) >= 11 is 0. The van der Waals surface area contributed by atoms with Gasteiger partial charge in [-0.3, -0.25) is 0 Å². The smallest absolute Gasteiger partial charge is 0.0700 e. The topological polar surface area (TPSA) is 50.7 Å². The molecule has 2 unspecified atom stereocenters. The second-order valence-electron chi connectivity index (χ2n) is 4.42. The van der Waals surface area contributed by atoms with E-state index in [1.807, 2.05) is 0 Å². The van der Waals surface area contributed by atoms with E-state index in [1.165, 1.54) is 12.8 Å². The highest BCUT2D eigenvalue weighted by Gasteiger charge is 2.21. The maximum atomic E-state index is 9.75. The normalized spacial score (nSPS) is 25.9. The van der Waals surface area contributed by atoms with Crippen LogP contribution in [0.15, 0.2) is 0 Å². The Morgan fingerprint density at radius 2 is 2.00 bits per heavy atom. The average molecular weight is 231 g/mol. The first-order valence-electron chi connectivity index (χ1n) is 6.30. The molecule has 1 aliphatic carbocycles. The zero-order chi connectivity index (χ0) is 11.6. The Morgan fingerprint density at radius 3 is 2.75 bits per heavy atom. The van der Waals surface area contributed by atoms with Gasteiger partial charge in [0.1, 0.15) is 0 Å². The monoisotopic (exact) mass is 231 g/mol. The molecule has 2 atom stereocenters. The van der Waals surface area contributed by atoms with Crippen LogP contribution in [0.2, 0.25) is 0 Å². The maximum absolute atomic E-state index is 9.75. The molecule has 0 radical (unpaired) electrons. The summed E-state index contributed by atoms with van der Waals surface area (Å²) in [4.78, 5) is 0. The number of rotatable bonds is 8. The predicted molar refractivity (Wildman–Crippen MR) is 63.5 cm³/mol. The molecular weight excluding hydrogens is 206 g/mol. The lowest BCUT2D eigenvalue weighted by Gasteiger charge is -2.27. The van der Waals surface area contributed by atoms with E-state index in [0.29, 0.717) is 25.7 Å². The molecule has 1 aliphatic rings. The Bertz CT molecular complexity index is 166. The van der Waals surface area contributed by atoms with Crippen molar-refractivity contribution in [3.05, 3.63) is 0 Å². The van der Waals surface area contributed by atoms with Gasteiger partial charge < -0.3 is 19.9 Å². The molecule has 4 heteroatoms. The van der Waals surface area contributed by atoms with E-state index < -0.39 is 0 Å². The van der Waals surface area contributed by atoms with Gasteiger partial charge in [0.15, 0.2) is 0 Å². The number of methoxy groups -OCH3 is 1. The van der Waals surface area contributed by atoms with Crippen LogP contribution >= 0.6 is 0 Å². The fourth-order valence-electron chi connectivity index (χ4n) is 2.10. The minimum absolute atomic E-state index is 0.101. The van der Waals surface area contributed by atoms with Gasteiger partial charge in [0, 0.05) is 20.2 Å². The van der Waals surface area contributed by atoms with Gasteiger partial charge in [0.2, 0.25) is 0 Å². The minimum atomic E-state index is -0.101. The summed E-state index contributed by atoms with van der Waals surface area (Å²) in [6.45, 7) is 3.79. The fourth-order valence-corrected chi connectivity index (χ4v) is 2.10. The van der Waals surface area contributed by atoms with Crippen molar-refractivity contribution in [2.45, 2.75) is 31.8 Å². The van der Waals surface area contributed by atoms with Crippen LogP contribution in [0.25, 0.3) is 0 Å². The van der Waals surface area contributed by atoms with Gasteiger partial charge in [0.25, 0.3) is 0 Å². The number of ether oxygens (including phenoxy) is 2. The third kappa shape index (κ3) is 5.80. The van der Waals surface area contributed by atoms with Gasteiger partial charge in [-0.15, -0.1) is 0 Å². The molecule has 0 heterocycles. The standard InChI is InChI=1S/C12H25NO3/c1-15-8-9-16-7-6-13-10-11-4-2-3-5-12(11)14/h11-14H,2-10H2,1H3.